The largest absolute Gasteiger partial charge is 0.482 e. The SMILES string of the molecule is O=C(O)c1cc(=O)c(OCc2ccc(OCF)cc2)co1. The van der Waals surface area contributed by atoms with E-state index in [2.05, 4.69) is 4.74 Å². The summed E-state index contributed by atoms with van der Waals surface area (Å²) in [5.74, 6) is -1.50. The summed E-state index contributed by atoms with van der Waals surface area (Å²) in [5.41, 5.74) is 0.138. The highest BCUT2D eigenvalue weighted by Gasteiger charge is 2.10. The van der Waals surface area contributed by atoms with Gasteiger partial charge in [0.25, 0.3) is 0 Å². The first-order valence-corrected chi connectivity index (χ1v) is 5.87. The topological polar surface area (TPSA) is 86.0 Å². The Bertz CT molecular complexity index is 677. The molecule has 110 valence electrons. The predicted molar refractivity (Wildman–Crippen MR) is 69.3 cm³/mol. The van der Waals surface area contributed by atoms with Gasteiger partial charge in [0.1, 0.15) is 18.6 Å². The molecule has 0 fully saturated rings. The Morgan fingerprint density at radius 2 is 1.95 bits per heavy atom. The number of alkyl halides is 1. The van der Waals surface area contributed by atoms with Gasteiger partial charge in [-0.25, -0.2) is 9.18 Å². The molecule has 21 heavy (non-hydrogen) atoms. The number of carboxylic acid groups (broad SMARTS) is 1. The zero-order valence-corrected chi connectivity index (χ0v) is 10.7. The molecule has 0 radical (unpaired) electrons. The molecule has 0 aliphatic carbocycles. The lowest BCUT2D eigenvalue weighted by Crippen LogP contribution is -2.10. The molecule has 0 aliphatic heterocycles. The second-order valence-electron chi connectivity index (χ2n) is 3.96. The Balaban J connectivity index is 2.02. The highest BCUT2D eigenvalue weighted by Crippen LogP contribution is 2.14. The molecule has 0 atom stereocenters. The highest BCUT2D eigenvalue weighted by molar-refractivity contribution is 5.84. The summed E-state index contributed by atoms with van der Waals surface area (Å²) in [7, 11) is 0. The van der Waals surface area contributed by atoms with Crippen LogP contribution in [0.5, 0.6) is 11.5 Å². The standard InChI is InChI=1S/C14H11FO6/c15-8-21-10-3-1-9(2-4-10)6-19-13-7-20-12(14(17)18)5-11(13)16/h1-5,7H,6,8H2,(H,17,18). The van der Waals surface area contributed by atoms with Gasteiger partial charge >= 0.3 is 5.97 Å². The third kappa shape index (κ3) is 3.82. The Kier molecular flexibility index (Phi) is 4.55. The fraction of sp³-hybridized carbons (Fsp3) is 0.143. The van der Waals surface area contributed by atoms with Gasteiger partial charge in [-0.1, -0.05) is 12.1 Å². The van der Waals surface area contributed by atoms with Crippen molar-refractivity contribution in [3.8, 4) is 11.5 Å². The van der Waals surface area contributed by atoms with E-state index in [4.69, 9.17) is 14.3 Å². The van der Waals surface area contributed by atoms with Crippen molar-refractivity contribution < 1.29 is 28.2 Å². The van der Waals surface area contributed by atoms with Crippen molar-refractivity contribution in [2.24, 2.45) is 0 Å². The maximum absolute atomic E-state index is 11.9. The first kappa shape index (κ1) is 14.6. The van der Waals surface area contributed by atoms with E-state index in [9.17, 15) is 14.0 Å². The average Bonchev–Trinajstić information content (AvgIpc) is 2.47. The van der Waals surface area contributed by atoms with Crippen LogP contribution < -0.4 is 14.9 Å². The number of carboxylic acids is 1. The molecule has 6 nitrogen and oxygen atoms in total. The van der Waals surface area contributed by atoms with Gasteiger partial charge in [-0.2, -0.15) is 0 Å². The van der Waals surface area contributed by atoms with Crippen molar-refractivity contribution in [3.05, 3.63) is 58.1 Å². The molecule has 2 rings (SSSR count). The maximum Gasteiger partial charge on any atom is 0.371 e. The van der Waals surface area contributed by atoms with Gasteiger partial charge in [0.2, 0.25) is 23.8 Å². The fourth-order valence-electron chi connectivity index (χ4n) is 1.52. The van der Waals surface area contributed by atoms with Crippen molar-refractivity contribution in [1.29, 1.82) is 0 Å². The van der Waals surface area contributed by atoms with Crippen molar-refractivity contribution >= 4 is 5.97 Å². The summed E-state index contributed by atoms with van der Waals surface area (Å²) in [6, 6.07) is 7.27. The number of halogens is 1. The summed E-state index contributed by atoms with van der Waals surface area (Å²) in [6.07, 6.45) is 0.951. The van der Waals surface area contributed by atoms with Crippen LogP contribution in [0.3, 0.4) is 0 Å². The number of carbonyl (C=O) groups is 1. The van der Waals surface area contributed by atoms with Crippen LogP contribution in [0.4, 0.5) is 4.39 Å². The normalized spacial score (nSPS) is 10.1. The molecule has 0 spiro atoms. The molecular formula is C14H11FO6. The van der Waals surface area contributed by atoms with E-state index in [1.165, 1.54) is 0 Å². The first-order chi connectivity index (χ1) is 10.1. The van der Waals surface area contributed by atoms with Gasteiger partial charge < -0.3 is 19.0 Å². The van der Waals surface area contributed by atoms with Gasteiger partial charge in [0.05, 0.1) is 0 Å². The molecule has 0 bridgehead atoms. The second-order valence-corrected chi connectivity index (χ2v) is 3.96. The molecule has 0 unspecified atom stereocenters. The van der Waals surface area contributed by atoms with Crippen LogP contribution in [0.15, 0.2) is 45.8 Å². The summed E-state index contributed by atoms with van der Waals surface area (Å²) in [4.78, 5) is 22.2. The number of hydrogen-bond donors (Lipinski definition) is 1. The molecule has 1 aromatic heterocycles. The Morgan fingerprint density at radius 1 is 1.24 bits per heavy atom. The lowest BCUT2D eigenvalue weighted by atomic mass is 10.2. The van der Waals surface area contributed by atoms with Crippen molar-refractivity contribution in [2.45, 2.75) is 6.61 Å². The molecule has 0 saturated carbocycles. The first-order valence-electron chi connectivity index (χ1n) is 5.87. The number of benzene rings is 1. The average molecular weight is 294 g/mol. The molecule has 2 aromatic rings. The third-order valence-corrected chi connectivity index (χ3v) is 2.55. The van der Waals surface area contributed by atoms with E-state index < -0.39 is 24.0 Å². The van der Waals surface area contributed by atoms with Crippen LogP contribution in [-0.4, -0.2) is 17.9 Å². The quantitative estimate of drug-likeness (QED) is 0.879. The number of ether oxygens (including phenoxy) is 2. The van der Waals surface area contributed by atoms with Crippen LogP contribution in [0.1, 0.15) is 16.1 Å². The predicted octanol–water partition coefficient (Wildman–Crippen LogP) is 2.22. The van der Waals surface area contributed by atoms with Gasteiger partial charge in [0, 0.05) is 6.07 Å². The van der Waals surface area contributed by atoms with Gasteiger partial charge in [-0.15, -0.1) is 0 Å². The number of aromatic carboxylic acids is 1. The Hall–Kier alpha value is -2.83. The molecule has 0 saturated heterocycles. The van der Waals surface area contributed by atoms with E-state index in [1.807, 2.05) is 0 Å². The summed E-state index contributed by atoms with van der Waals surface area (Å²) in [6.45, 7) is -0.833. The zero-order valence-electron chi connectivity index (χ0n) is 10.7. The summed E-state index contributed by atoms with van der Waals surface area (Å²) in [5, 5.41) is 8.67. The molecular weight excluding hydrogens is 283 g/mol. The molecule has 1 heterocycles. The van der Waals surface area contributed by atoms with Crippen LogP contribution >= 0.6 is 0 Å². The highest BCUT2D eigenvalue weighted by atomic mass is 19.1. The van der Waals surface area contributed by atoms with Gasteiger partial charge in [-0.05, 0) is 17.7 Å². The number of rotatable bonds is 6. The smallest absolute Gasteiger partial charge is 0.371 e. The van der Waals surface area contributed by atoms with Crippen molar-refractivity contribution in [2.75, 3.05) is 6.86 Å². The summed E-state index contributed by atoms with van der Waals surface area (Å²) < 4.78 is 26.6. The van der Waals surface area contributed by atoms with Crippen LogP contribution in [0.25, 0.3) is 0 Å². The van der Waals surface area contributed by atoms with E-state index in [0.717, 1.165) is 17.9 Å². The van der Waals surface area contributed by atoms with E-state index in [-0.39, 0.29) is 12.4 Å². The van der Waals surface area contributed by atoms with E-state index in [1.54, 1.807) is 24.3 Å². The van der Waals surface area contributed by atoms with Crippen LogP contribution in [-0.2, 0) is 6.61 Å². The maximum atomic E-state index is 11.9. The van der Waals surface area contributed by atoms with Crippen LogP contribution in [0, 0.1) is 0 Å². The molecule has 1 aromatic carbocycles. The van der Waals surface area contributed by atoms with Gasteiger partial charge in [0.15, 0.2) is 0 Å². The number of hydrogen-bond acceptors (Lipinski definition) is 5. The minimum atomic E-state index is -1.33. The van der Waals surface area contributed by atoms with Gasteiger partial charge in [-0.3, -0.25) is 4.79 Å². The lowest BCUT2D eigenvalue weighted by molar-refractivity contribution is 0.0658. The van der Waals surface area contributed by atoms with Crippen LogP contribution in [0.2, 0.25) is 0 Å². The third-order valence-electron chi connectivity index (χ3n) is 2.55. The molecule has 1 N–H and O–H groups in total. The second kappa shape index (κ2) is 6.56. The molecule has 0 amide bonds. The Labute approximate surface area is 118 Å². The zero-order chi connectivity index (χ0) is 15.2. The Morgan fingerprint density at radius 3 is 2.52 bits per heavy atom. The van der Waals surface area contributed by atoms with E-state index in [0.29, 0.717) is 5.75 Å². The van der Waals surface area contributed by atoms with E-state index >= 15 is 0 Å². The minimum absolute atomic E-state index is 0.0765. The van der Waals surface area contributed by atoms with Crippen molar-refractivity contribution in [1.82, 2.24) is 0 Å². The monoisotopic (exact) mass is 294 g/mol. The summed E-state index contributed by atoms with van der Waals surface area (Å²) >= 11 is 0. The van der Waals surface area contributed by atoms with Crippen molar-refractivity contribution in [3.63, 3.8) is 0 Å². The molecule has 7 heteroatoms. The molecule has 0 aliphatic rings. The lowest BCUT2D eigenvalue weighted by Gasteiger charge is -2.06. The fourth-order valence-corrected chi connectivity index (χ4v) is 1.52. The minimum Gasteiger partial charge on any atom is -0.482 e.